The number of ether oxygens (including phenoxy) is 1. The number of aromatic nitrogens is 2. The average Bonchev–Trinajstić information content (AvgIpc) is 2.78. The number of hydrogen-bond acceptors (Lipinski definition) is 6. The van der Waals surface area contributed by atoms with Crippen LogP contribution in [0.5, 0.6) is 0 Å². The first-order chi connectivity index (χ1) is 15.0. The molecular formula is C25H26N4O2. The summed E-state index contributed by atoms with van der Waals surface area (Å²) < 4.78 is 5.48. The molecule has 0 N–H and O–H groups in total. The van der Waals surface area contributed by atoms with Gasteiger partial charge in [0.15, 0.2) is 11.7 Å². The molecule has 1 fully saturated rings. The van der Waals surface area contributed by atoms with Crippen molar-refractivity contribution in [3.8, 4) is 6.07 Å². The minimum atomic E-state index is -1.14. The first-order valence-electron chi connectivity index (χ1n) is 10.7. The lowest BCUT2D eigenvalue weighted by Crippen LogP contribution is -2.40. The van der Waals surface area contributed by atoms with E-state index in [0.717, 1.165) is 30.6 Å². The summed E-state index contributed by atoms with van der Waals surface area (Å²) in [4.78, 5) is 24.6. The van der Waals surface area contributed by atoms with E-state index >= 15 is 0 Å². The maximum atomic E-state index is 12.9. The van der Waals surface area contributed by atoms with Crippen LogP contribution in [0.1, 0.15) is 37.4 Å². The second-order valence-electron chi connectivity index (χ2n) is 8.43. The Labute approximate surface area is 182 Å². The number of carbonyl (C=O) groups excluding carboxylic acids is 1. The molecule has 1 aromatic heterocycles. The number of para-hydroxylation sites is 2. The Kier molecular flexibility index (Phi) is 6.13. The minimum Gasteiger partial charge on any atom is -0.460 e. The summed E-state index contributed by atoms with van der Waals surface area (Å²) in [5.74, 6) is -0.134. The molecular weight excluding hydrogens is 388 g/mol. The van der Waals surface area contributed by atoms with Crippen LogP contribution in [0.25, 0.3) is 11.0 Å². The van der Waals surface area contributed by atoms with Crippen LogP contribution in [0.3, 0.4) is 0 Å². The van der Waals surface area contributed by atoms with Crippen molar-refractivity contribution in [1.29, 1.82) is 5.26 Å². The van der Waals surface area contributed by atoms with Gasteiger partial charge in [0.1, 0.15) is 12.3 Å². The first-order valence-corrected chi connectivity index (χ1v) is 10.7. The third-order valence-corrected chi connectivity index (χ3v) is 5.61. The molecule has 31 heavy (non-hydrogen) atoms. The predicted octanol–water partition coefficient (Wildman–Crippen LogP) is 4.46. The molecule has 0 amide bonds. The lowest BCUT2D eigenvalue weighted by atomic mass is 9.91. The van der Waals surface area contributed by atoms with Crippen LogP contribution in [0, 0.1) is 23.2 Å². The molecule has 3 aromatic rings. The fourth-order valence-corrected chi connectivity index (χ4v) is 4.30. The topological polar surface area (TPSA) is 79.1 Å². The minimum absolute atomic E-state index is 0.117. The van der Waals surface area contributed by atoms with Gasteiger partial charge in [-0.2, -0.15) is 5.26 Å². The van der Waals surface area contributed by atoms with Gasteiger partial charge >= 0.3 is 5.97 Å². The lowest BCUT2D eigenvalue weighted by molar-refractivity contribution is -0.145. The van der Waals surface area contributed by atoms with Gasteiger partial charge in [0.25, 0.3) is 0 Å². The maximum absolute atomic E-state index is 12.9. The van der Waals surface area contributed by atoms with Gasteiger partial charge in [-0.3, -0.25) is 4.79 Å². The Morgan fingerprint density at radius 2 is 1.68 bits per heavy atom. The summed E-state index contributed by atoms with van der Waals surface area (Å²) in [6.45, 7) is 6.19. The molecule has 0 aliphatic carbocycles. The smallest absolute Gasteiger partial charge is 0.330 e. The van der Waals surface area contributed by atoms with Gasteiger partial charge in [-0.25, -0.2) is 9.97 Å². The normalized spacial score (nSPS) is 19.6. The zero-order valence-electron chi connectivity index (χ0n) is 17.9. The van der Waals surface area contributed by atoms with Crippen molar-refractivity contribution in [1.82, 2.24) is 9.97 Å². The zero-order valence-corrected chi connectivity index (χ0v) is 17.9. The highest BCUT2D eigenvalue weighted by Gasteiger charge is 2.32. The van der Waals surface area contributed by atoms with Crippen molar-refractivity contribution >= 4 is 22.8 Å². The van der Waals surface area contributed by atoms with Gasteiger partial charge < -0.3 is 9.64 Å². The van der Waals surface area contributed by atoms with E-state index in [4.69, 9.17) is 14.7 Å². The van der Waals surface area contributed by atoms with Gasteiger partial charge in [-0.1, -0.05) is 56.3 Å². The molecule has 0 radical (unpaired) electrons. The standard InChI is InChI=1S/C25H26N4O2/c1-17-12-18(2)15-29(14-17)24-23(27-21-10-6-7-11-22(21)28-24)20(13-26)25(30)31-16-19-8-4-3-5-9-19/h3-11,17-18,20H,12,14-16H2,1-2H3/t17-,18-,20+/m0/s1. The zero-order chi connectivity index (χ0) is 21.8. The fourth-order valence-electron chi connectivity index (χ4n) is 4.30. The van der Waals surface area contributed by atoms with Crippen LogP contribution < -0.4 is 4.90 Å². The summed E-state index contributed by atoms with van der Waals surface area (Å²) in [6, 6.07) is 19.1. The summed E-state index contributed by atoms with van der Waals surface area (Å²) in [5.41, 5.74) is 2.66. The molecule has 158 valence electrons. The van der Waals surface area contributed by atoms with Crippen molar-refractivity contribution in [2.75, 3.05) is 18.0 Å². The highest BCUT2D eigenvalue weighted by molar-refractivity contribution is 5.85. The molecule has 6 heteroatoms. The number of carbonyl (C=O) groups is 1. The molecule has 0 spiro atoms. The van der Waals surface area contributed by atoms with Crippen molar-refractivity contribution in [3.63, 3.8) is 0 Å². The molecule has 6 nitrogen and oxygen atoms in total. The van der Waals surface area contributed by atoms with Gasteiger partial charge in [0.2, 0.25) is 0 Å². The van der Waals surface area contributed by atoms with E-state index in [2.05, 4.69) is 24.8 Å². The Morgan fingerprint density at radius 3 is 2.32 bits per heavy atom. The van der Waals surface area contributed by atoms with Gasteiger partial charge in [0.05, 0.1) is 17.1 Å². The molecule has 0 bridgehead atoms. The average molecular weight is 415 g/mol. The summed E-state index contributed by atoms with van der Waals surface area (Å²) >= 11 is 0. The number of benzene rings is 2. The van der Waals surface area contributed by atoms with E-state index in [9.17, 15) is 10.1 Å². The number of rotatable bonds is 5. The van der Waals surface area contributed by atoms with Crippen LogP contribution in [-0.2, 0) is 16.1 Å². The van der Waals surface area contributed by atoms with Crippen LogP contribution in [-0.4, -0.2) is 29.0 Å². The van der Waals surface area contributed by atoms with Gasteiger partial charge in [-0.15, -0.1) is 0 Å². The Morgan fingerprint density at radius 1 is 1.06 bits per heavy atom. The fraction of sp³-hybridized carbons (Fsp3) is 0.360. The van der Waals surface area contributed by atoms with Gasteiger partial charge in [-0.05, 0) is 36.0 Å². The molecule has 3 atom stereocenters. The van der Waals surface area contributed by atoms with E-state index < -0.39 is 11.9 Å². The third-order valence-electron chi connectivity index (χ3n) is 5.61. The summed E-state index contributed by atoms with van der Waals surface area (Å²) in [7, 11) is 0. The Balaban J connectivity index is 1.69. The molecule has 1 aliphatic rings. The first kappa shape index (κ1) is 20.8. The highest BCUT2D eigenvalue weighted by atomic mass is 16.5. The molecule has 1 aliphatic heterocycles. The SMILES string of the molecule is C[C@H]1C[C@H](C)CN(c2nc3ccccc3nc2[C@@H](C#N)C(=O)OCc2ccccc2)C1. The number of anilines is 1. The van der Waals surface area contributed by atoms with Crippen molar-refractivity contribution in [2.24, 2.45) is 11.8 Å². The second kappa shape index (κ2) is 9.13. The molecule has 0 saturated carbocycles. The highest BCUT2D eigenvalue weighted by Crippen LogP contribution is 2.32. The summed E-state index contributed by atoms with van der Waals surface area (Å²) in [6.07, 6.45) is 1.15. The van der Waals surface area contributed by atoms with Crippen LogP contribution in [0.2, 0.25) is 0 Å². The Hall–Kier alpha value is -3.46. The van der Waals surface area contributed by atoms with E-state index in [-0.39, 0.29) is 6.61 Å². The molecule has 2 aromatic carbocycles. The molecule has 1 saturated heterocycles. The summed E-state index contributed by atoms with van der Waals surface area (Å²) in [5, 5.41) is 9.91. The van der Waals surface area contributed by atoms with Gasteiger partial charge in [0, 0.05) is 13.1 Å². The predicted molar refractivity (Wildman–Crippen MR) is 119 cm³/mol. The number of hydrogen-bond donors (Lipinski definition) is 0. The van der Waals surface area contributed by atoms with E-state index in [1.165, 1.54) is 0 Å². The lowest BCUT2D eigenvalue weighted by Gasteiger charge is -2.36. The van der Waals surface area contributed by atoms with Crippen LogP contribution >= 0.6 is 0 Å². The molecule has 0 unspecified atom stereocenters. The number of nitrogens with zero attached hydrogens (tertiary/aromatic N) is 4. The van der Waals surface area contributed by atoms with Crippen molar-refractivity contribution in [2.45, 2.75) is 32.8 Å². The number of esters is 1. The quantitative estimate of drug-likeness (QED) is 0.574. The number of piperidine rings is 1. The van der Waals surface area contributed by atoms with E-state index in [0.29, 0.717) is 28.9 Å². The second-order valence-corrected chi connectivity index (χ2v) is 8.43. The third kappa shape index (κ3) is 4.66. The Bertz CT molecular complexity index is 1100. The van der Waals surface area contributed by atoms with E-state index in [1.807, 2.05) is 54.6 Å². The van der Waals surface area contributed by atoms with Crippen LogP contribution in [0.4, 0.5) is 5.82 Å². The number of fused-ring (bicyclic) bond motifs is 1. The van der Waals surface area contributed by atoms with Crippen molar-refractivity contribution < 1.29 is 9.53 Å². The number of nitriles is 1. The van der Waals surface area contributed by atoms with Crippen molar-refractivity contribution in [3.05, 3.63) is 65.9 Å². The molecule has 2 heterocycles. The molecule has 4 rings (SSSR count). The maximum Gasteiger partial charge on any atom is 0.330 e. The van der Waals surface area contributed by atoms with Crippen LogP contribution in [0.15, 0.2) is 54.6 Å². The van der Waals surface area contributed by atoms with E-state index in [1.54, 1.807) is 0 Å². The largest absolute Gasteiger partial charge is 0.460 e. The monoisotopic (exact) mass is 414 g/mol.